The smallest absolute Gasteiger partial charge is 0.326 e. The number of amides is 1. The zero-order valence-electron chi connectivity index (χ0n) is 11.9. The van der Waals surface area contributed by atoms with E-state index < -0.39 is 12.0 Å². The van der Waals surface area contributed by atoms with Gasteiger partial charge in [-0.3, -0.25) is 4.79 Å². The van der Waals surface area contributed by atoms with E-state index in [1.807, 2.05) is 6.07 Å². The fraction of sp³-hybridized carbons (Fsp3) is 0.375. The highest BCUT2D eigenvalue weighted by Crippen LogP contribution is 2.50. The highest BCUT2D eigenvalue weighted by molar-refractivity contribution is 6.42. The first kappa shape index (κ1) is 16.8. The molecule has 0 bridgehead atoms. The largest absolute Gasteiger partial charge is 0.480 e. The number of carbonyl (C=O) groups is 2. The van der Waals surface area contributed by atoms with Crippen LogP contribution < -0.4 is 5.32 Å². The molecule has 0 spiro atoms. The molecule has 22 heavy (non-hydrogen) atoms. The third kappa shape index (κ3) is 3.81. The van der Waals surface area contributed by atoms with E-state index in [4.69, 9.17) is 28.3 Å². The van der Waals surface area contributed by atoms with Crippen molar-refractivity contribution in [2.75, 3.05) is 0 Å². The Labute approximate surface area is 139 Å². The van der Waals surface area contributed by atoms with E-state index in [1.165, 1.54) is 0 Å². The van der Waals surface area contributed by atoms with Crippen LogP contribution in [-0.2, 0) is 9.59 Å². The number of hydrogen-bond acceptors (Lipinski definition) is 2. The Hall–Kier alpha value is -1.52. The van der Waals surface area contributed by atoms with Gasteiger partial charge in [0.05, 0.1) is 10.0 Å². The molecule has 0 radical (unpaired) electrons. The minimum absolute atomic E-state index is 0.0000456. The molecule has 6 heteroatoms. The van der Waals surface area contributed by atoms with Gasteiger partial charge in [-0.25, -0.2) is 4.79 Å². The summed E-state index contributed by atoms with van der Waals surface area (Å²) < 4.78 is 0. The Kier molecular flexibility index (Phi) is 5.48. The monoisotopic (exact) mass is 341 g/mol. The molecule has 0 aromatic heterocycles. The maximum atomic E-state index is 12.2. The Morgan fingerprint density at radius 3 is 2.82 bits per heavy atom. The first-order valence-electron chi connectivity index (χ1n) is 7.03. The number of carboxylic acids is 1. The molecule has 1 fully saturated rings. The van der Waals surface area contributed by atoms with Crippen molar-refractivity contribution in [3.8, 4) is 0 Å². The summed E-state index contributed by atoms with van der Waals surface area (Å²) in [6.45, 7) is 3.56. The highest BCUT2D eigenvalue weighted by atomic mass is 35.5. The number of hydrogen-bond donors (Lipinski definition) is 2. The average molecular weight is 342 g/mol. The summed E-state index contributed by atoms with van der Waals surface area (Å²) in [6.07, 6.45) is 3.15. The molecule has 1 aliphatic rings. The highest BCUT2D eigenvalue weighted by Gasteiger charge is 2.45. The van der Waals surface area contributed by atoms with Gasteiger partial charge in [0.1, 0.15) is 6.04 Å². The molecular weight excluding hydrogens is 325 g/mol. The molecule has 0 heterocycles. The summed E-state index contributed by atoms with van der Waals surface area (Å²) in [4.78, 5) is 23.3. The van der Waals surface area contributed by atoms with Gasteiger partial charge in [0.15, 0.2) is 0 Å². The summed E-state index contributed by atoms with van der Waals surface area (Å²) in [5.74, 6) is -1.53. The van der Waals surface area contributed by atoms with E-state index in [1.54, 1.807) is 18.2 Å². The van der Waals surface area contributed by atoms with Crippen LogP contribution >= 0.6 is 23.2 Å². The topological polar surface area (TPSA) is 66.4 Å². The summed E-state index contributed by atoms with van der Waals surface area (Å²) >= 11 is 12.1. The van der Waals surface area contributed by atoms with Gasteiger partial charge in [0.2, 0.25) is 5.91 Å². The summed E-state index contributed by atoms with van der Waals surface area (Å²) in [7, 11) is 0. The van der Waals surface area contributed by atoms with Crippen LogP contribution in [0, 0.1) is 5.92 Å². The van der Waals surface area contributed by atoms with Gasteiger partial charge in [0, 0.05) is 5.92 Å². The lowest BCUT2D eigenvalue weighted by Crippen LogP contribution is -2.41. The second-order valence-corrected chi connectivity index (χ2v) is 6.14. The van der Waals surface area contributed by atoms with Crippen LogP contribution in [0.25, 0.3) is 0 Å². The van der Waals surface area contributed by atoms with Crippen molar-refractivity contribution in [1.82, 2.24) is 5.32 Å². The van der Waals surface area contributed by atoms with E-state index >= 15 is 0 Å². The van der Waals surface area contributed by atoms with Crippen molar-refractivity contribution >= 4 is 35.1 Å². The van der Waals surface area contributed by atoms with Crippen molar-refractivity contribution in [2.24, 2.45) is 5.92 Å². The van der Waals surface area contributed by atoms with Crippen molar-refractivity contribution in [2.45, 2.75) is 31.2 Å². The van der Waals surface area contributed by atoms with Gasteiger partial charge in [-0.2, -0.15) is 0 Å². The lowest BCUT2D eigenvalue weighted by molar-refractivity contribution is -0.142. The molecule has 118 valence electrons. The van der Waals surface area contributed by atoms with E-state index in [0.29, 0.717) is 29.3 Å². The van der Waals surface area contributed by atoms with Crippen molar-refractivity contribution < 1.29 is 14.7 Å². The number of allylic oxidation sites excluding steroid dienone is 1. The summed E-state index contributed by atoms with van der Waals surface area (Å²) in [5.41, 5.74) is 0.840. The van der Waals surface area contributed by atoms with Crippen molar-refractivity contribution in [3.05, 3.63) is 46.5 Å². The van der Waals surface area contributed by atoms with E-state index in [-0.39, 0.29) is 17.7 Å². The maximum Gasteiger partial charge on any atom is 0.326 e. The third-order valence-electron chi connectivity index (χ3n) is 3.78. The number of benzene rings is 1. The Bertz CT molecular complexity index is 603. The number of halogens is 2. The molecule has 2 rings (SSSR count). The van der Waals surface area contributed by atoms with E-state index in [9.17, 15) is 9.59 Å². The lowest BCUT2D eigenvalue weighted by Gasteiger charge is -2.13. The molecule has 0 aliphatic heterocycles. The first-order chi connectivity index (χ1) is 10.5. The fourth-order valence-electron chi connectivity index (χ4n) is 2.46. The van der Waals surface area contributed by atoms with Crippen LogP contribution in [0.2, 0.25) is 10.0 Å². The van der Waals surface area contributed by atoms with Crippen LogP contribution in [0.15, 0.2) is 30.9 Å². The molecule has 1 aromatic carbocycles. The normalized spacial score (nSPS) is 21.0. The zero-order chi connectivity index (χ0) is 16.3. The van der Waals surface area contributed by atoms with Gasteiger partial charge in [-0.1, -0.05) is 41.4 Å². The predicted octanol–water partition coefficient (Wildman–Crippen LogP) is 3.63. The first-order valence-corrected chi connectivity index (χ1v) is 7.79. The Morgan fingerprint density at radius 2 is 2.18 bits per heavy atom. The molecule has 3 atom stereocenters. The Balaban J connectivity index is 1.99. The van der Waals surface area contributed by atoms with Gasteiger partial charge in [-0.05, 0) is 36.8 Å². The van der Waals surface area contributed by atoms with Crippen molar-refractivity contribution in [1.29, 1.82) is 0 Å². The molecule has 1 saturated carbocycles. The zero-order valence-corrected chi connectivity index (χ0v) is 13.4. The summed E-state index contributed by atoms with van der Waals surface area (Å²) in [5, 5.41) is 12.6. The maximum absolute atomic E-state index is 12.2. The minimum atomic E-state index is -1.03. The minimum Gasteiger partial charge on any atom is -0.480 e. The van der Waals surface area contributed by atoms with Crippen LogP contribution in [0.3, 0.4) is 0 Å². The molecule has 4 nitrogen and oxygen atoms in total. The number of carbonyl (C=O) groups excluding carboxylic acids is 1. The molecule has 2 N–H and O–H groups in total. The quantitative estimate of drug-likeness (QED) is 0.744. The number of rotatable bonds is 7. The Morgan fingerprint density at radius 1 is 1.45 bits per heavy atom. The molecule has 1 amide bonds. The molecular formula is C16H17Cl2NO3. The average Bonchev–Trinajstić information content (AvgIpc) is 3.26. The lowest BCUT2D eigenvalue weighted by atomic mass is 10.1. The number of carboxylic acid groups (broad SMARTS) is 1. The summed E-state index contributed by atoms with van der Waals surface area (Å²) in [6, 6.07) is 4.45. The molecule has 1 aromatic rings. The van der Waals surface area contributed by atoms with E-state index in [0.717, 1.165) is 5.56 Å². The molecule has 1 aliphatic carbocycles. The van der Waals surface area contributed by atoms with Crippen LogP contribution in [0.1, 0.15) is 30.7 Å². The molecule has 3 unspecified atom stereocenters. The standard InChI is InChI=1S/C16H17Cl2NO3/c1-2-3-7-13(16(21)22)19-15(20)11-8-10(11)9-5-4-6-12(17)14(9)18/h2,4-6,10-11,13H,1,3,7-8H2,(H,19,20)(H,21,22). The van der Waals surface area contributed by atoms with Gasteiger partial charge in [-0.15, -0.1) is 6.58 Å². The molecule has 0 saturated heterocycles. The van der Waals surface area contributed by atoms with E-state index in [2.05, 4.69) is 11.9 Å². The number of aliphatic carboxylic acids is 1. The second-order valence-electron chi connectivity index (χ2n) is 5.36. The van der Waals surface area contributed by atoms with Crippen molar-refractivity contribution in [3.63, 3.8) is 0 Å². The van der Waals surface area contributed by atoms with Gasteiger partial charge in [0.25, 0.3) is 0 Å². The van der Waals surface area contributed by atoms with Crippen LogP contribution in [-0.4, -0.2) is 23.0 Å². The van der Waals surface area contributed by atoms with Gasteiger partial charge < -0.3 is 10.4 Å². The second kappa shape index (κ2) is 7.16. The number of nitrogens with one attached hydrogen (secondary N) is 1. The predicted molar refractivity (Wildman–Crippen MR) is 86.3 cm³/mol. The van der Waals surface area contributed by atoms with Crippen LogP contribution in [0.4, 0.5) is 0 Å². The SMILES string of the molecule is C=CCCC(NC(=O)C1CC1c1cccc(Cl)c1Cl)C(=O)O. The fourth-order valence-corrected chi connectivity index (χ4v) is 2.90. The van der Waals surface area contributed by atoms with Crippen LogP contribution in [0.5, 0.6) is 0 Å². The van der Waals surface area contributed by atoms with Gasteiger partial charge >= 0.3 is 5.97 Å². The third-order valence-corrected chi connectivity index (χ3v) is 4.62.